The third kappa shape index (κ3) is 4.12. The van der Waals surface area contributed by atoms with Crippen molar-refractivity contribution in [1.82, 2.24) is 4.90 Å². The molecule has 1 amide bonds. The van der Waals surface area contributed by atoms with E-state index < -0.39 is 0 Å². The van der Waals surface area contributed by atoms with Gasteiger partial charge in [0.05, 0.1) is 6.10 Å². The third-order valence-electron chi connectivity index (χ3n) is 3.53. The van der Waals surface area contributed by atoms with Crippen molar-refractivity contribution in [2.45, 2.75) is 58.5 Å². The van der Waals surface area contributed by atoms with E-state index in [0.29, 0.717) is 18.9 Å². The molecule has 1 heterocycles. The van der Waals surface area contributed by atoms with Gasteiger partial charge in [0.25, 0.3) is 0 Å². The van der Waals surface area contributed by atoms with Crippen molar-refractivity contribution in [2.24, 2.45) is 5.92 Å². The van der Waals surface area contributed by atoms with Gasteiger partial charge in [-0.2, -0.15) is 0 Å². The summed E-state index contributed by atoms with van der Waals surface area (Å²) in [5.41, 5.74) is 0. The van der Waals surface area contributed by atoms with E-state index in [2.05, 4.69) is 6.92 Å². The minimum atomic E-state index is -0.355. The number of carbonyl (C=O) groups excluding carboxylic acids is 1. The quantitative estimate of drug-likeness (QED) is 0.782. The second-order valence-corrected chi connectivity index (χ2v) is 4.88. The number of carbonyl (C=O) groups is 1. The van der Waals surface area contributed by atoms with Gasteiger partial charge in [-0.05, 0) is 25.2 Å². The van der Waals surface area contributed by atoms with Gasteiger partial charge in [0.2, 0.25) is 5.91 Å². The topological polar surface area (TPSA) is 40.5 Å². The minimum Gasteiger partial charge on any atom is -0.391 e. The van der Waals surface area contributed by atoms with E-state index in [1.807, 2.05) is 11.8 Å². The summed E-state index contributed by atoms with van der Waals surface area (Å²) in [6.45, 7) is 5.51. The highest BCUT2D eigenvalue weighted by molar-refractivity contribution is 5.76. The van der Waals surface area contributed by atoms with Gasteiger partial charge >= 0.3 is 0 Å². The molecule has 1 aliphatic rings. The maximum absolute atomic E-state index is 11.8. The average molecular weight is 227 g/mol. The molecule has 1 fully saturated rings. The molecule has 1 saturated heterocycles. The Morgan fingerprint density at radius 2 is 2.19 bits per heavy atom. The van der Waals surface area contributed by atoms with Crippen LogP contribution in [0.1, 0.15) is 52.4 Å². The Balaban J connectivity index is 2.44. The molecule has 0 saturated carbocycles. The van der Waals surface area contributed by atoms with Gasteiger partial charge in [-0.1, -0.05) is 26.7 Å². The first kappa shape index (κ1) is 13.5. The Hall–Kier alpha value is -0.570. The molecule has 0 spiro atoms. The van der Waals surface area contributed by atoms with Crippen LogP contribution in [-0.4, -0.2) is 35.1 Å². The van der Waals surface area contributed by atoms with E-state index in [1.165, 1.54) is 12.8 Å². The van der Waals surface area contributed by atoms with Gasteiger partial charge in [-0.15, -0.1) is 0 Å². The Morgan fingerprint density at radius 3 is 2.81 bits per heavy atom. The molecule has 16 heavy (non-hydrogen) atoms. The Labute approximate surface area is 98.8 Å². The number of hydrogen-bond donors (Lipinski definition) is 1. The zero-order chi connectivity index (χ0) is 12.0. The van der Waals surface area contributed by atoms with E-state index in [-0.39, 0.29) is 12.0 Å². The lowest BCUT2D eigenvalue weighted by Gasteiger charge is -2.23. The van der Waals surface area contributed by atoms with Crippen molar-refractivity contribution in [3.63, 3.8) is 0 Å². The summed E-state index contributed by atoms with van der Waals surface area (Å²) < 4.78 is 0. The molecule has 2 atom stereocenters. The molecule has 0 aromatic heterocycles. The van der Waals surface area contributed by atoms with E-state index in [0.717, 1.165) is 25.8 Å². The number of rotatable bonds is 5. The molecule has 0 radical (unpaired) electrons. The van der Waals surface area contributed by atoms with Gasteiger partial charge < -0.3 is 10.0 Å². The van der Waals surface area contributed by atoms with Crippen LogP contribution in [0.2, 0.25) is 0 Å². The number of aliphatic hydroxyl groups excluding tert-OH is 1. The first-order valence-electron chi connectivity index (χ1n) is 6.63. The molecule has 1 aliphatic heterocycles. The molecule has 3 nitrogen and oxygen atoms in total. The minimum absolute atomic E-state index is 0.228. The van der Waals surface area contributed by atoms with Crippen molar-refractivity contribution in [1.29, 1.82) is 0 Å². The lowest BCUT2D eigenvalue weighted by Crippen LogP contribution is -2.36. The number of likely N-dealkylation sites (tertiary alicyclic amines) is 1. The highest BCUT2D eigenvalue weighted by atomic mass is 16.3. The first-order chi connectivity index (χ1) is 7.67. The van der Waals surface area contributed by atoms with Gasteiger partial charge in [-0.25, -0.2) is 0 Å². The van der Waals surface area contributed by atoms with Crippen LogP contribution in [0, 0.1) is 5.92 Å². The summed E-state index contributed by atoms with van der Waals surface area (Å²) in [5, 5.41) is 9.60. The second-order valence-electron chi connectivity index (χ2n) is 4.88. The molecule has 1 rings (SSSR count). The number of β-amino-alcohol motifs (C(OH)–C–C–N with tert-alkyl or cyclic N) is 1. The molecule has 2 unspecified atom stereocenters. The largest absolute Gasteiger partial charge is 0.391 e. The highest BCUT2D eigenvalue weighted by Crippen LogP contribution is 2.22. The van der Waals surface area contributed by atoms with Crippen molar-refractivity contribution in [3.05, 3.63) is 0 Å². The summed E-state index contributed by atoms with van der Waals surface area (Å²) in [6, 6.07) is 0. The maximum atomic E-state index is 11.8. The first-order valence-corrected chi connectivity index (χ1v) is 6.63. The fraction of sp³-hybridized carbons (Fsp3) is 0.923. The van der Waals surface area contributed by atoms with Gasteiger partial charge in [0.15, 0.2) is 0 Å². The van der Waals surface area contributed by atoms with Crippen LogP contribution in [0.15, 0.2) is 0 Å². The van der Waals surface area contributed by atoms with Crippen molar-refractivity contribution in [3.8, 4) is 0 Å². The molecular weight excluding hydrogens is 202 g/mol. The zero-order valence-electron chi connectivity index (χ0n) is 10.6. The number of amides is 1. The van der Waals surface area contributed by atoms with Crippen LogP contribution in [-0.2, 0) is 4.79 Å². The zero-order valence-corrected chi connectivity index (χ0v) is 10.6. The maximum Gasteiger partial charge on any atom is 0.222 e. The predicted octanol–water partition coefficient (Wildman–Crippen LogP) is 2.19. The predicted molar refractivity (Wildman–Crippen MR) is 65.1 cm³/mol. The van der Waals surface area contributed by atoms with Crippen molar-refractivity contribution < 1.29 is 9.90 Å². The smallest absolute Gasteiger partial charge is 0.222 e. The van der Waals surface area contributed by atoms with Crippen molar-refractivity contribution >= 4 is 5.91 Å². The number of nitrogens with zero attached hydrogens (tertiary/aromatic N) is 1. The summed E-state index contributed by atoms with van der Waals surface area (Å²) >= 11 is 0. The molecule has 3 heteroatoms. The molecular formula is C13H25NO2. The highest BCUT2D eigenvalue weighted by Gasteiger charge is 2.23. The monoisotopic (exact) mass is 227 g/mol. The Bertz CT molecular complexity index is 218. The van der Waals surface area contributed by atoms with E-state index in [4.69, 9.17) is 0 Å². The summed E-state index contributed by atoms with van der Waals surface area (Å²) in [6.07, 6.45) is 5.62. The van der Waals surface area contributed by atoms with E-state index in [1.54, 1.807) is 0 Å². The number of aliphatic hydroxyl groups is 1. The standard InChI is InChI=1S/C13H25NO2/c1-3-5-11-6-7-13(16)14(9-8-11)10-12(15)4-2/h11-12,15H,3-10H2,1-2H3. The molecule has 0 aliphatic carbocycles. The van der Waals surface area contributed by atoms with Crippen LogP contribution in [0.25, 0.3) is 0 Å². The van der Waals surface area contributed by atoms with E-state index in [9.17, 15) is 9.90 Å². The van der Waals surface area contributed by atoms with Crippen LogP contribution >= 0.6 is 0 Å². The molecule has 94 valence electrons. The molecule has 0 aromatic rings. The van der Waals surface area contributed by atoms with Crippen LogP contribution in [0.5, 0.6) is 0 Å². The van der Waals surface area contributed by atoms with Crippen molar-refractivity contribution in [2.75, 3.05) is 13.1 Å². The van der Waals surface area contributed by atoms with Crippen LogP contribution < -0.4 is 0 Å². The van der Waals surface area contributed by atoms with Crippen LogP contribution in [0.3, 0.4) is 0 Å². The summed E-state index contributed by atoms with van der Waals surface area (Å²) in [5.74, 6) is 0.934. The van der Waals surface area contributed by atoms with Gasteiger partial charge in [0.1, 0.15) is 0 Å². The van der Waals surface area contributed by atoms with E-state index >= 15 is 0 Å². The molecule has 1 N–H and O–H groups in total. The molecule has 0 bridgehead atoms. The second kappa shape index (κ2) is 6.89. The lowest BCUT2D eigenvalue weighted by atomic mass is 9.96. The summed E-state index contributed by atoms with van der Waals surface area (Å²) in [4.78, 5) is 13.7. The summed E-state index contributed by atoms with van der Waals surface area (Å²) in [7, 11) is 0. The Morgan fingerprint density at radius 1 is 1.44 bits per heavy atom. The normalized spacial score (nSPS) is 24.3. The van der Waals surface area contributed by atoms with Crippen LogP contribution in [0.4, 0.5) is 0 Å². The third-order valence-corrected chi connectivity index (χ3v) is 3.53. The fourth-order valence-electron chi connectivity index (χ4n) is 2.37. The van der Waals surface area contributed by atoms with Gasteiger partial charge in [-0.3, -0.25) is 4.79 Å². The average Bonchev–Trinajstić information content (AvgIpc) is 2.44. The van der Waals surface area contributed by atoms with Gasteiger partial charge in [0, 0.05) is 19.5 Å². The number of hydrogen-bond acceptors (Lipinski definition) is 2. The Kier molecular flexibility index (Phi) is 5.81. The SMILES string of the molecule is CCCC1CCC(=O)N(CC(O)CC)CC1. The fourth-order valence-corrected chi connectivity index (χ4v) is 2.37. The molecule has 0 aromatic carbocycles. The lowest BCUT2D eigenvalue weighted by molar-refractivity contribution is -0.132.